The molecule has 0 radical (unpaired) electrons. The van der Waals surface area contributed by atoms with Gasteiger partial charge < -0.3 is 5.11 Å². The fraction of sp³-hybridized carbons (Fsp3) is 0.933. The van der Waals surface area contributed by atoms with Gasteiger partial charge in [0.15, 0.2) is 0 Å². The summed E-state index contributed by atoms with van der Waals surface area (Å²) in [6, 6.07) is 0. The summed E-state index contributed by atoms with van der Waals surface area (Å²) < 4.78 is 0. The molecule has 5 aliphatic carbocycles. The van der Waals surface area contributed by atoms with Crippen molar-refractivity contribution in [3.05, 3.63) is 0 Å². The van der Waals surface area contributed by atoms with E-state index in [9.17, 15) is 14.7 Å². The number of hydrogen-bond donors (Lipinski definition) is 1. The summed E-state index contributed by atoms with van der Waals surface area (Å²) >= 11 is 0. The maximum atomic E-state index is 14.2. The van der Waals surface area contributed by atoms with E-state index in [2.05, 4.69) is 48.5 Å². The fourth-order valence-corrected chi connectivity index (χ4v) is 10.9. The molecule has 8 atom stereocenters. The zero-order valence-electron chi connectivity index (χ0n) is 22.4. The maximum absolute atomic E-state index is 14.2. The molecule has 1 N–H and O–H groups in total. The van der Waals surface area contributed by atoms with Crippen molar-refractivity contribution in [1.29, 1.82) is 0 Å². The summed E-state index contributed by atoms with van der Waals surface area (Å²) in [6.07, 6.45) is 9.98. The standard InChI is InChI=1S/C30H48O3/c1-25(2)12-14-30(18-31)15-13-29(7)24(19(30)17-25)20(32)16-22-27(5)10-9-23(33)26(3,4)21(27)8-11-28(22,29)6/h19,21-22,24,31H,8-18H2,1-7H3/t19?,21?,22?,24?,27-,28+,29+,30+/m0/s1. The van der Waals surface area contributed by atoms with Gasteiger partial charge in [-0.05, 0) is 96.2 Å². The van der Waals surface area contributed by atoms with Crippen LogP contribution >= 0.6 is 0 Å². The molecule has 0 saturated heterocycles. The van der Waals surface area contributed by atoms with Crippen molar-refractivity contribution in [1.82, 2.24) is 0 Å². The minimum absolute atomic E-state index is 0.0106. The second-order valence-electron chi connectivity index (χ2n) is 15.3. The van der Waals surface area contributed by atoms with E-state index in [-0.39, 0.29) is 45.0 Å². The highest BCUT2D eigenvalue weighted by Crippen LogP contribution is 2.76. The Bertz CT molecular complexity index is 872. The Morgan fingerprint density at radius 3 is 2.15 bits per heavy atom. The van der Waals surface area contributed by atoms with Gasteiger partial charge in [-0.3, -0.25) is 9.59 Å². The zero-order chi connectivity index (χ0) is 24.2. The van der Waals surface area contributed by atoms with E-state index in [4.69, 9.17) is 0 Å². The van der Waals surface area contributed by atoms with E-state index in [1.54, 1.807) is 0 Å². The molecule has 5 fully saturated rings. The number of fused-ring (bicyclic) bond motifs is 7. The van der Waals surface area contributed by atoms with Crippen LogP contribution in [0.1, 0.15) is 113 Å². The van der Waals surface area contributed by atoms with Crippen molar-refractivity contribution in [3.8, 4) is 0 Å². The highest BCUT2D eigenvalue weighted by atomic mass is 16.3. The molecule has 0 aromatic rings. The van der Waals surface area contributed by atoms with Gasteiger partial charge in [0.25, 0.3) is 0 Å². The van der Waals surface area contributed by atoms with E-state index < -0.39 is 0 Å². The van der Waals surface area contributed by atoms with E-state index >= 15 is 0 Å². The first-order valence-corrected chi connectivity index (χ1v) is 13.8. The third-order valence-corrected chi connectivity index (χ3v) is 13.3. The third-order valence-electron chi connectivity index (χ3n) is 13.3. The zero-order valence-corrected chi connectivity index (χ0v) is 22.4. The van der Waals surface area contributed by atoms with Gasteiger partial charge in [0, 0.05) is 30.8 Å². The SMILES string of the molecule is CC1(C)CC[C@]2(CO)CC[C@]3(C)C(C(=O)CC4[C@@]5(C)CCC(=O)C(C)(C)C5CC[C@]43C)C2C1. The Balaban J connectivity index is 1.58. The van der Waals surface area contributed by atoms with Crippen LogP contribution in [0.5, 0.6) is 0 Å². The molecule has 0 aliphatic heterocycles. The van der Waals surface area contributed by atoms with Crippen LogP contribution in [0.2, 0.25) is 0 Å². The van der Waals surface area contributed by atoms with E-state index in [0.29, 0.717) is 42.2 Å². The summed E-state index contributed by atoms with van der Waals surface area (Å²) in [4.78, 5) is 27.2. The molecule has 3 nitrogen and oxygen atoms in total. The van der Waals surface area contributed by atoms with Crippen LogP contribution in [-0.2, 0) is 9.59 Å². The van der Waals surface area contributed by atoms with Gasteiger partial charge in [0.1, 0.15) is 11.6 Å². The van der Waals surface area contributed by atoms with Gasteiger partial charge in [-0.1, -0.05) is 48.5 Å². The number of hydrogen-bond acceptors (Lipinski definition) is 3. The predicted octanol–water partition coefficient (Wildman–Crippen LogP) is 6.61. The van der Waals surface area contributed by atoms with Crippen LogP contribution in [0.3, 0.4) is 0 Å². The molecule has 186 valence electrons. The molecule has 3 heteroatoms. The van der Waals surface area contributed by atoms with Gasteiger partial charge in [-0.2, -0.15) is 0 Å². The maximum Gasteiger partial charge on any atom is 0.138 e. The lowest BCUT2D eigenvalue weighted by atomic mass is 9.31. The van der Waals surface area contributed by atoms with Crippen LogP contribution in [0.25, 0.3) is 0 Å². The number of aliphatic hydroxyl groups is 1. The Morgan fingerprint density at radius 1 is 0.818 bits per heavy atom. The number of aliphatic hydroxyl groups excluding tert-OH is 1. The first-order chi connectivity index (χ1) is 15.2. The quantitative estimate of drug-likeness (QED) is 0.483. The van der Waals surface area contributed by atoms with Crippen LogP contribution in [0.4, 0.5) is 0 Å². The number of carbonyl (C=O) groups excluding carboxylic acids is 2. The molecule has 0 aromatic heterocycles. The molecular formula is C30H48O3. The summed E-state index contributed by atoms with van der Waals surface area (Å²) in [5.74, 6) is 2.04. The van der Waals surface area contributed by atoms with Crippen molar-refractivity contribution < 1.29 is 14.7 Å². The number of Topliss-reactive ketones (excluding diaryl/α,β-unsaturated/α-hetero) is 2. The van der Waals surface area contributed by atoms with Gasteiger partial charge in [0.2, 0.25) is 0 Å². The van der Waals surface area contributed by atoms with Crippen molar-refractivity contribution in [3.63, 3.8) is 0 Å². The summed E-state index contributed by atoms with van der Waals surface area (Å²) in [6.45, 7) is 16.8. The van der Waals surface area contributed by atoms with Crippen molar-refractivity contribution in [2.45, 2.75) is 113 Å². The van der Waals surface area contributed by atoms with Gasteiger partial charge in [0.05, 0.1) is 0 Å². The minimum Gasteiger partial charge on any atom is -0.396 e. The summed E-state index contributed by atoms with van der Waals surface area (Å²) in [5, 5.41) is 10.6. The third kappa shape index (κ3) is 2.90. The molecular weight excluding hydrogens is 408 g/mol. The number of rotatable bonds is 1. The molecule has 5 rings (SSSR count). The molecule has 0 spiro atoms. The van der Waals surface area contributed by atoms with E-state index in [1.807, 2.05) is 0 Å². The van der Waals surface area contributed by atoms with Crippen molar-refractivity contribution in [2.24, 2.45) is 56.2 Å². The average Bonchev–Trinajstić information content (AvgIpc) is 2.72. The Kier molecular flexibility index (Phi) is 5.06. The normalized spacial score (nSPS) is 52.8. The second kappa shape index (κ2) is 6.95. The topological polar surface area (TPSA) is 54.4 Å². The van der Waals surface area contributed by atoms with Crippen LogP contribution in [0.15, 0.2) is 0 Å². The number of ketones is 2. The molecule has 5 aliphatic rings. The van der Waals surface area contributed by atoms with Crippen molar-refractivity contribution >= 4 is 11.6 Å². The highest BCUT2D eigenvalue weighted by molar-refractivity contribution is 5.86. The Labute approximate surface area is 201 Å². The average molecular weight is 457 g/mol. The van der Waals surface area contributed by atoms with Gasteiger partial charge >= 0.3 is 0 Å². The summed E-state index contributed by atoms with van der Waals surface area (Å²) in [5.41, 5.74) is 0.0856. The van der Waals surface area contributed by atoms with Crippen LogP contribution in [-0.4, -0.2) is 23.3 Å². The lowest BCUT2D eigenvalue weighted by Crippen LogP contribution is -2.69. The first-order valence-electron chi connectivity index (χ1n) is 13.8. The number of carbonyl (C=O) groups is 2. The van der Waals surface area contributed by atoms with Gasteiger partial charge in [-0.15, -0.1) is 0 Å². The van der Waals surface area contributed by atoms with Crippen LogP contribution in [0, 0.1) is 56.2 Å². The predicted molar refractivity (Wildman–Crippen MR) is 132 cm³/mol. The Morgan fingerprint density at radius 2 is 1.48 bits per heavy atom. The second-order valence-corrected chi connectivity index (χ2v) is 15.3. The smallest absolute Gasteiger partial charge is 0.138 e. The molecule has 5 saturated carbocycles. The highest BCUT2D eigenvalue weighted by Gasteiger charge is 2.72. The molecule has 4 unspecified atom stereocenters. The summed E-state index contributed by atoms with van der Waals surface area (Å²) in [7, 11) is 0. The molecule has 0 aromatic carbocycles. The van der Waals surface area contributed by atoms with Crippen LogP contribution < -0.4 is 0 Å². The minimum atomic E-state index is -0.277. The molecule has 0 amide bonds. The molecule has 0 bridgehead atoms. The largest absolute Gasteiger partial charge is 0.396 e. The fourth-order valence-electron chi connectivity index (χ4n) is 10.9. The monoisotopic (exact) mass is 456 g/mol. The molecule has 0 heterocycles. The van der Waals surface area contributed by atoms with E-state index in [0.717, 1.165) is 51.4 Å². The van der Waals surface area contributed by atoms with E-state index in [1.165, 1.54) is 0 Å². The van der Waals surface area contributed by atoms with Crippen molar-refractivity contribution in [2.75, 3.05) is 6.61 Å². The van der Waals surface area contributed by atoms with Gasteiger partial charge in [-0.25, -0.2) is 0 Å². The Hall–Kier alpha value is -0.700. The molecule has 33 heavy (non-hydrogen) atoms. The lowest BCUT2D eigenvalue weighted by Gasteiger charge is -2.72. The first kappa shape index (κ1) is 24.0. The lowest BCUT2D eigenvalue weighted by molar-refractivity contribution is -0.237.